The van der Waals surface area contributed by atoms with Gasteiger partial charge in [0.15, 0.2) is 0 Å². The minimum atomic E-state index is 0.452. The number of aromatic nitrogens is 2. The first-order chi connectivity index (χ1) is 9.16. The molecule has 1 aliphatic carbocycles. The molecule has 0 aromatic carbocycles. The van der Waals surface area contributed by atoms with Crippen molar-refractivity contribution in [2.45, 2.75) is 77.9 Å². The average molecular weight is 263 g/mol. The Morgan fingerprint density at radius 1 is 1.21 bits per heavy atom. The summed E-state index contributed by atoms with van der Waals surface area (Å²) in [4.78, 5) is 0. The third kappa shape index (κ3) is 4.34. The number of nitrogens with one attached hydrogen (secondary N) is 1. The van der Waals surface area contributed by atoms with Gasteiger partial charge in [0, 0.05) is 30.4 Å². The van der Waals surface area contributed by atoms with Crippen LogP contribution in [-0.4, -0.2) is 15.8 Å². The quantitative estimate of drug-likeness (QED) is 0.816. The van der Waals surface area contributed by atoms with E-state index in [1.165, 1.54) is 44.1 Å². The minimum Gasteiger partial charge on any atom is -0.310 e. The Balaban J connectivity index is 1.79. The summed E-state index contributed by atoms with van der Waals surface area (Å²) in [6.07, 6.45) is 12.7. The Kier molecular flexibility index (Phi) is 5.44. The van der Waals surface area contributed by atoms with Crippen LogP contribution in [0.2, 0.25) is 0 Å². The molecule has 1 N–H and O–H groups in total. The number of rotatable bonds is 5. The Labute approximate surface area is 117 Å². The maximum atomic E-state index is 4.40. The summed E-state index contributed by atoms with van der Waals surface area (Å²) in [5, 5.41) is 8.09. The highest BCUT2D eigenvalue weighted by molar-refractivity contribution is 5.04. The van der Waals surface area contributed by atoms with E-state index in [4.69, 9.17) is 0 Å². The van der Waals surface area contributed by atoms with E-state index in [2.05, 4.69) is 37.4 Å². The molecule has 0 bridgehead atoms. The van der Waals surface area contributed by atoms with Gasteiger partial charge in [-0.3, -0.25) is 4.68 Å². The zero-order valence-corrected chi connectivity index (χ0v) is 12.7. The van der Waals surface area contributed by atoms with Crippen molar-refractivity contribution in [2.24, 2.45) is 5.92 Å². The van der Waals surface area contributed by atoms with E-state index in [9.17, 15) is 0 Å². The first-order valence-corrected chi connectivity index (χ1v) is 7.93. The molecule has 0 spiro atoms. The van der Waals surface area contributed by atoms with Gasteiger partial charge in [-0.2, -0.15) is 5.10 Å². The van der Waals surface area contributed by atoms with Gasteiger partial charge < -0.3 is 5.32 Å². The van der Waals surface area contributed by atoms with Crippen molar-refractivity contribution >= 4 is 0 Å². The summed E-state index contributed by atoms with van der Waals surface area (Å²) >= 11 is 0. The lowest BCUT2D eigenvalue weighted by Gasteiger charge is -2.23. The van der Waals surface area contributed by atoms with Crippen molar-refractivity contribution in [1.82, 2.24) is 15.1 Å². The fraction of sp³-hybridized carbons (Fsp3) is 0.812. The van der Waals surface area contributed by atoms with E-state index in [1.54, 1.807) is 0 Å². The van der Waals surface area contributed by atoms with Crippen LogP contribution in [0.25, 0.3) is 0 Å². The molecule has 108 valence electrons. The summed E-state index contributed by atoms with van der Waals surface area (Å²) in [6, 6.07) is 1.08. The summed E-state index contributed by atoms with van der Waals surface area (Å²) in [5.74, 6) is 0.864. The van der Waals surface area contributed by atoms with Crippen molar-refractivity contribution in [1.29, 1.82) is 0 Å². The second-order valence-corrected chi connectivity index (χ2v) is 6.34. The predicted octanol–water partition coefficient (Wildman–Crippen LogP) is 3.91. The molecular weight excluding hydrogens is 234 g/mol. The molecule has 0 amide bonds. The second-order valence-electron chi connectivity index (χ2n) is 6.34. The molecule has 3 nitrogen and oxygen atoms in total. The third-order valence-corrected chi connectivity index (χ3v) is 4.42. The molecule has 1 saturated carbocycles. The Bertz CT molecular complexity index is 362. The van der Waals surface area contributed by atoms with Crippen molar-refractivity contribution in [3.05, 3.63) is 18.0 Å². The average Bonchev–Trinajstić information content (AvgIpc) is 2.70. The standard InChI is InChI=1S/C16H29N3/c1-13(2)19-12-15(11-18-19)10-17-14(3)16-8-6-4-5-7-9-16/h11-14,16-17H,4-10H2,1-3H3/t14-/m1/s1. The molecule has 1 fully saturated rings. The van der Waals surface area contributed by atoms with Gasteiger partial charge in [0.1, 0.15) is 0 Å². The molecule has 3 heteroatoms. The Morgan fingerprint density at radius 3 is 2.47 bits per heavy atom. The smallest absolute Gasteiger partial charge is 0.0534 e. The van der Waals surface area contributed by atoms with Gasteiger partial charge >= 0.3 is 0 Å². The van der Waals surface area contributed by atoms with Gasteiger partial charge in [-0.1, -0.05) is 25.7 Å². The lowest BCUT2D eigenvalue weighted by molar-refractivity contribution is 0.336. The first-order valence-electron chi connectivity index (χ1n) is 7.93. The first kappa shape index (κ1) is 14.6. The maximum absolute atomic E-state index is 4.40. The lowest BCUT2D eigenvalue weighted by atomic mass is 9.93. The van der Waals surface area contributed by atoms with Crippen molar-refractivity contribution in [3.8, 4) is 0 Å². The third-order valence-electron chi connectivity index (χ3n) is 4.42. The van der Waals surface area contributed by atoms with E-state index >= 15 is 0 Å². The highest BCUT2D eigenvalue weighted by Crippen LogP contribution is 2.25. The highest BCUT2D eigenvalue weighted by atomic mass is 15.3. The van der Waals surface area contributed by atoms with E-state index in [0.717, 1.165) is 12.5 Å². The molecule has 1 aliphatic rings. The van der Waals surface area contributed by atoms with Crippen molar-refractivity contribution in [3.63, 3.8) is 0 Å². The topological polar surface area (TPSA) is 29.9 Å². The van der Waals surface area contributed by atoms with Crippen LogP contribution in [0.4, 0.5) is 0 Å². The van der Waals surface area contributed by atoms with Crippen LogP contribution in [-0.2, 0) is 6.54 Å². The molecule has 1 atom stereocenters. The monoisotopic (exact) mass is 263 g/mol. The molecule has 0 aliphatic heterocycles. The normalized spacial score (nSPS) is 19.6. The zero-order chi connectivity index (χ0) is 13.7. The van der Waals surface area contributed by atoms with Crippen LogP contribution in [0.3, 0.4) is 0 Å². The van der Waals surface area contributed by atoms with E-state index < -0.39 is 0 Å². The van der Waals surface area contributed by atoms with Crippen LogP contribution in [0.5, 0.6) is 0 Å². The Hall–Kier alpha value is -0.830. The van der Waals surface area contributed by atoms with Crippen LogP contribution < -0.4 is 5.32 Å². The highest BCUT2D eigenvalue weighted by Gasteiger charge is 2.18. The molecule has 0 saturated heterocycles. The van der Waals surface area contributed by atoms with Crippen LogP contribution in [0, 0.1) is 5.92 Å². The van der Waals surface area contributed by atoms with Crippen LogP contribution in [0.1, 0.15) is 70.9 Å². The summed E-state index contributed by atoms with van der Waals surface area (Å²) in [6.45, 7) is 7.63. The van der Waals surface area contributed by atoms with E-state index in [1.807, 2.05) is 10.9 Å². The van der Waals surface area contributed by atoms with E-state index in [0.29, 0.717) is 12.1 Å². The van der Waals surface area contributed by atoms with Gasteiger partial charge in [-0.15, -0.1) is 0 Å². The molecule has 0 radical (unpaired) electrons. The fourth-order valence-electron chi connectivity index (χ4n) is 3.01. The largest absolute Gasteiger partial charge is 0.310 e. The van der Waals surface area contributed by atoms with Crippen LogP contribution >= 0.6 is 0 Å². The van der Waals surface area contributed by atoms with Crippen molar-refractivity contribution < 1.29 is 0 Å². The van der Waals surface area contributed by atoms with Crippen molar-refractivity contribution in [2.75, 3.05) is 0 Å². The maximum Gasteiger partial charge on any atom is 0.0534 e. The number of hydrogen-bond acceptors (Lipinski definition) is 2. The molecule has 1 aromatic heterocycles. The molecule has 19 heavy (non-hydrogen) atoms. The molecule has 1 heterocycles. The minimum absolute atomic E-state index is 0.452. The summed E-state index contributed by atoms with van der Waals surface area (Å²) < 4.78 is 2.04. The van der Waals surface area contributed by atoms with Gasteiger partial charge in [0.2, 0.25) is 0 Å². The van der Waals surface area contributed by atoms with E-state index in [-0.39, 0.29) is 0 Å². The second kappa shape index (κ2) is 7.09. The molecule has 2 rings (SSSR count). The zero-order valence-electron chi connectivity index (χ0n) is 12.7. The fourth-order valence-corrected chi connectivity index (χ4v) is 3.01. The Morgan fingerprint density at radius 2 is 1.89 bits per heavy atom. The van der Waals surface area contributed by atoms with Gasteiger partial charge in [0.25, 0.3) is 0 Å². The summed E-state index contributed by atoms with van der Waals surface area (Å²) in [5.41, 5.74) is 1.30. The van der Waals surface area contributed by atoms with Crippen LogP contribution in [0.15, 0.2) is 12.4 Å². The molecular formula is C16H29N3. The number of nitrogens with zero attached hydrogens (tertiary/aromatic N) is 2. The van der Waals surface area contributed by atoms with Gasteiger partial charge in [-0.25, -0.2) is 0 Å². The summed E-state index contributed by atoms with van der Waals surface area (Å²) in [7, 11) is 0. The number of hydrogen-bond donors (Lipinski definition) is 1. The lowest BCUT2D eigenvalue weighted by Crippen LogP contribution is -2.32. The van der Waals surface area contributed by atoms with Gasteiger partial charge in [-0.05, 0) is 39.5 Å². The molecule has 1 aromatic rings. The SMILES string of the molecule is CC(C)n1cc(CN[C@H](C)C2CCCCCC2)cn1. The molecule has 0 unspecified atom stereocenters. The predicted molar refractivity (Wildman–Crippen MR) is 80.1 cm³/mol. The van der Waals surface area contributed by atoms with Gasteiger partial charge in [0.05, 0.1) is 6.20 Å².